The van der Waals surface area contributed by atoms with Crippen molar-refractivity contribution < 1.29 is 23.9 Å². The number of methoxy groups -OCH3 is 2. The summed E-state index contributed by atoms with van der Waals surface area (Å²) in [7, 11) is 2.83. The molecule has 0 spiro atoms. The fraction of sp³-hybridized carbons (Fsp3) is 0.250. The standard InChI is InChI=1S/C20H22N2O5/c1-13(23)21-17-7-5-4-6-16(17)19(24)22-18(20(25)27-3)12-14-8-10-15(26-2)11-9-14/h4-11,18H,12H2,1-3H3,(H,21,23)(H,22,24)/t18-/m0/s1. The van der Waals surface area contributed by atoms with Crippen LogP contribution in [0.3, 0.4) is 0 Å². The number of carbonyl (C=O) groups is 3. The fourth-order valence-electron chi connectivity index (χ4n) is 2.55. The number of ether oxygens (including phenoxy) is 2. The molecule has 2 N–H and O–H groups in total. The smallest absolute Gasteiger partial charge is 0.328 e. The first-order valence-electron chi connectivity index (χ1n) is 8.32. The fourth-order valence-corrected chi connectivity index (χ4v) is 2.55. The van der Waals surface area contributed by atoms with E-state index in [0.717, 1.165) is 5.56 Å². The lowest BCUT2D eigenvalue weighted by molar-refractivity contribution is -0.142. The Morgan fingerprint density at radius 2 is 1.67 bits per heavy atom. The average Bonchev–Trinajstić information content (AvgIpc) is 2.67. The summed E-state index contributed by atoms with van der Waals surface area (Å²) < 4.78 is 9.93. The van der Waals surface area contributed by atoms with Crippen LogP contribution in [0.25, 0.3) is 0 Å². The lowest BCUT2D eigenvalue weighted by atomic mass is 10.0. The summed E-state index contributed by atoms with van der Waals surface area (Å²) in [4.78, 5) is 36.1. The molecule has 7 heteroatoms. The van der Waals surface area contributed by atoms with Crippen molar-refractivity contribution in [1.29, 1.82) is 0 Å². The molecule has 7 nitrogen and oxygen atoms in total. The van der Waals surface area contributed by atoms with Gasteiger partial charge in [-0.2, -0.15) is 0 Å². The van der Waals surface area contributed by atoms with Gasteiger partial charge in [0.25, 0.3) is 5.91 Å². The van der Waals surface area contributed by atoms with Gasteiger partial charge in [-0.15, -0.1) is 0 Å². The van der Waals surface area contributed by atoms with Gasteiger partial charge >= 0.3 is 5.97 Å². The number of esters is 1. The first-order chi connectivity index (χ1) is 12.9. The number of amides is 2. The van der Waals surface area contributed by atoms with Crippen LogP contribution in [0.4, 0.5) is 5.69 Å². The molecule has 0 heterocycles. The molecule has 0 aromatic heterocycles. The molecule has 2 rings (SSSR count). The predicted octanol–water partition coefficient (Wildman–Crippen LogP) is 2.17. The summed E-state index contributed by atoms with van der Waals surface area (Å²) in [5, 5.41) is 5.28. The number of rotatable bonds is 7. The van der Waals surface area contributed by atoms with Crippen LogP contribution in [0.1, 0.15) is 22.8 Å². The maximum absolute atomic E-state index is 12.7. The number of anilines is 1. The highest BCUT2D eigenvalue weighted by molar-refractivity contribution is 6.04. The third-order valence-electron chi connectivity index (χ3n) is 3.87. The van der Waals surface area contributed by atoms with Crippen molar-refractivity contribution in [2.45, 2.75) is 19.4 Å². The number of nitrogens with one attached hydrogen (secondary N) is 2. The summed E-state index contributed by atoms with van der Waals surface area (Å²) in [5.41, 5.74) is 1.47. The number of para-hydroxylation sites is 1. The molecule has 0 saturated heterocycles. The molecule has 0 radical (unpaired) electrons. The SMILES string of the molecule is COC(=O)[C@H](Cc1ccc(OC)cc1)NC(=O)c1ccccc1NC(C)=O. The minimum atomic E-state index is -0.874. The molecular formula is C20H22N2O5. The van der Waals surface area contributed by atoms with Crippen LogP contribution in [0.15, 0.2) is 48.5 Å². The third-order valence-corrected chi connectivity index (χ3v) is 3.87. The van der Waals surface area contributed by atoms with E-state index in [-0.39, 0.29) is 17.9 Å². The van der Waals surface area contributed by atoms with Crippen molar-refractivity contribution in [1.82, 2.24) is 5.32 Å². The molecule has 0 aliphatic rings. The van der Waals surface area contributed by atoms with Gasteiger partial charge in [0.2, 0.25) is 5.91 Å². The van der Waals surface area contributed by atoms with Gasteiger partial charge in [-0.25, -0.2) is 4.79 Å². The number of hydrogen-bond acceptors (Lipinski definition) is 5. The molecule has 0 aliphatic carbocycles. The molecule has 142 valence electrons. The van der Waals surface area contributed by atoms with Gasteiger partial charge in [-0.3, -0.25) is 9.59 Å². The van der Waals surface area contributed by atoms with Gasteiger partial charge in [0.15, 0.2) is 0 Å². The lowest BCUT2D eigenvalue weighted by Gasteiger charge is -2.18. The minimum Gasteiger partial charge on any atom is -0.497 e. The van der Waals surface area contributed by atoms with Crippen molar-refractivity contribution in [2.75, 3.05) is 19.5 Å². The summed E-state index contributed by atoms with van der Waals surface area (Å²) in [6, 6.07) is 12.9. The molecule has 0 saturated carbocycles. The van der Waals surface area contributed by atoms with Crippen LogP contribution >= 0.6 is 0 Å². The average molecular weight is 370 g/mol. The Hall–Kier alpha value is -3.35. The molecule has 0 fully saturated rings. The Morgan fingerprint density at radius 1 is 1.00 bits per heavy atom. The summed E-state index contributed by atoms with van der Waals surface area (Å²) in [5.74, 6) is -0.640. The van der Waals surface area contributed by atoms with Gasteiger partial charge in [0, 0.05) is 13.3 Å². The van der Waals surface area contributed by atoms with E-state index in [1.807, 2.05) is 12.1 Å². The Labute approximate surface area is 157 Å². The van der Waals surface area contributed by atoms with Gasteiger partial charge < -0.3 is 20.1 Å². The topological polar surface area (TPSA) is 93.7 Å². The monoisotopic (exact) mass is 370 g/mol. The second kappa shape index (κ2) is 9.38. The molecule has 0 aliphatic heterocycles. The Balaban J connectivity index is 2.19. The summed E-state index contributed by atoms with van der Waals surface area (Å²) in [6.07, 6.45) is 0.255. The molecule has 0 unspecified atom stereocenters. The first kappa shape index (κ1) is 20.0. The lowest BCUT2D eigenvalue weighted by Crippen LogP contribution is -2.43. The third kappa shape index (κ3) is 5.57. The van der Waals surface area contributed by atoms with E-state index in [4.69, 9.17) is 9.47 Å². The van der Waals surface area contributed by atoms with Gasteiger partial charge in [-0.1, -0.05) is 24.3 Å². The summed E-state index contributed by atoms with van der Waals surface area (Å²) in [6.45, 7) is 1.36. The second-order valence-electron chi connectivity index (χ2n) is 5.83. The van der Waals surface area contributed by atoms with E-state index in [1.165, 1.54) is 14.0 Å². The van der Waals surface area contributed by atoms with Crippen molar-refractivity contribution >= 4 is 23.5 Å². The van der Waals surface area contributed by atoms with E-state index in [9.17, 15) is 14.4 Å². The number of hydrogen-bond donors (Lipinski definition) is 2. The van der Waals surface area contributed by atoms with Crippen molar-refractivity contribution in [3.63, 3.8) is 0 Å². The Kier molecular flexibility index (Phi) is 6.93. The maximum atomic E-state index is 12.7. The van der Waals surface area contributed by atoms with E-state index in [2.05, 4.69) is 10.6 Å². The Morgan fingerprint density at radius 3 is 2.26 bits per heavy atom. The minimum absolute atomic E-state index is 0.255. The predicted molar refractivity (Wildman–Crippen MR) is 101 cm³/mol. The highest BCUT2D eigenvalue weighted by atomic mass is 16.5. The number of carbonyl (C=O) groups excluding carboxylic acids is 3. The summed E-state index contributed by atoms with van der Waals surface area (Å²) >= 11 is 0. The molecule has 2 aromatic rings. The Bertz CT molecular complexity index is 817. The highest BCUT2D eigenvalue weighted by Gasteiger charge is 2.24. The second-order valence-corrected chi connectivity index (χ2v) is 5.83. The van der Waals surface area contributed by atoms with Crippen LogP contribution in [0, 0.1) is 0 Å². The zero-order valence-electron chi connectivity index (χ0n) is 15.4. The van der Waals surface area contributed by atoms with Crippen LogP contribution < -0.4 is 15.4 Å². The zero-order valence-corrected chi connectivity index (χ0v) is 15.4. The van der Waals surface area contributed by atoms with Crippen molar-refractivity contribution in [3.05, 3.63) is 59.7 Å². The number of benzene rings is 2. The molecule has 0 bridgehead atoms. The highest BCUT2D eigenvalue weighted by Crippen LogP contribution is 2.17. The first-order valence-corrected chi connectivity index (χ1v) is 8.32. The largest absolute Gasteiger partial charge is 0.497 e. The van der Waals surface area contributed by atoms with E-state index in [0.29, 0.717) is 11.4 Å². The molecule has 2 amide bonds. The van der Waals surface area contributed by atoms with E-state index in [1.54, 1.807) is 43.5 Å². The molecular weight excluding hydrogens is 348 g/mol. The van der Waals surface area contributed by atoms with Gasteiger partial charge in [0.1, 0.15) is 11.8 Å². The normalized spacial score (nSPS) is 11.2. The van der Waals surface area contributed by atoms with Crippen molar-refractivity contribution in [2.24, 2.45) is 0 Å². The molecule has 1 atom stereocenters. The molecule has 2 aromatic carbocycles. The van der Waals surface area contributed by atoms with Crippen LogP contribution in [-0.2, 0) is 20.7 Å². The van der Waals surface area contributed by atoms with Crippen molar-refractivity contribution in [3.8, 4) is 5.75 Å². The van der Waals surface area contributed by atoms with Crippen LogP contribution in [0.5, 0.6) is 5.75 Å². The van der Waals surface area contributed by atoms with Crippen LogP contribution in [-0.4, -0.2) is 38.0 Å². The van der Waals surface area contributed by atoms with Gasteiger partial charge in [-0.05, 0) is 29.8 Å². The van der Waals surface area contributed by atoms with E-state index >= 15 is 0 Å². The maximum Gasteiger partial charge on any atom is 0.328 e. The van der Waals surface area contributed by atoms with Gasteiger partial charge in [0.05, 0.1) is 25.5 Å². The van der Waals surface area contributed by atoms with E-state index < -0.39 is 17.9 Å². The zero-order chi connectivity index (χ0) is 19.8. The van der Waals surface area contributed by atoms with Crippen LogP contribution in [0.2, 0.25) is 0 Å². The molecule has 27 heavy (non-hydrogen) atoms. The quantitative estimate of drug-likeness (QED) is 0.729.